The van der Waals surface area contributed by atoms with Crippen molar-refractivity contribution in [3.05, 3.63) is 87.9 Å². The summed E-state index contributed by atoms with van der Waals surface area (Å²) in [5.74, 6) is -1.26. The number of hydrogen-bond donors (Lipinski definition) is 4. The SMILES string of the molecule is N#CCc1ccccc1-c1ccc(C[C@](OC[C@H]2O[C@@H](n3cnc4c(N)nc(Cl)nc43)[C@H](O)[C@@H]2O)(C(=O)O)c2cscn2)cc1. The summed E-state index contributed by atoms with van der Waals surface area (Å²) in [5.41, 5.74) is 9.38. The zero-order chi connectivity index (χ0) is 31.7. The van der Waals surface area contributed by atoms with Gasteiger partial charge < -0.3 is 30.5 Å². The molecule has 0 spiro atoms. The molecular formula is C30H26ClN7O6S. The van der Waals surface area contributed by atoms with E-state index >= 15 is 0 Å². The number of ether oxygens (including phenoxy) is 2. The van der Waals surface area contributed by atoms with Gasteiger partial charge in [-0.2, -0.15) is 15.2 Å². The largest absolute Gasteiger partial charge is 0.479 e. The van der Waals surface area contributed by atoms with Crippen molar-refractivity contribution in [3.63, 3.8) is 0 Å². The van der Waals surface area contributed by atoms with Gasteiger partial charge in [0.25, 0.3) is 0 Å². The molecule has 2 aromatic carbocycles. The minimum Gasteiger partial charge on any atom is -0.479 e. The lowest BCUT2D eigenvalue weighted by Crippen LogP contribution is -2.44. The van der Waals surface area contributed by atoms with E-state index in [1.807, 2.05) is 36.4 Å². The van der Waals surface area contributed by atoms with Gasteiger partial charge in [-0.1, -0.05) is 48.5 Å². The summed E-state index contributed by atoms with van der Waals surface area (Å²) in [5, 5.41) is 43.0. The third-order valence-corrected chi connectivity index (χ3v) is 8.48. The van der Waals surface area contributed by atoms with Crippen LogP contribution in [0.15, 0.2) is 65.7 Å². The van der Waals surface area contributed by atoms with Crippen LogP contribution in [0.1, 0.15) is 23.0 Å². The van der Waals surface area contributed by atoms with Crippen molar-refractivity contribution in [1.29, 1.82) is 5.26 Å². The number of carboxylic acid groups (broad SMARTS) is 1. The molecule has 0 bridgehead atoms. The fraction of sp³-hybridized carbons (Fsp3) is 0.267. The quantitative estimate of drug-likeness (QED) is 0.162. The topological polar surface area (TPSA) is 203 Å². The Labute approximate surface area is 265 Å². The zero-order valence-electron chi connectivity index (χ0n) is 23.4. The highest BCUT2D eigenvalue weighted by atomic mass is 35.5. The monoisotopic (exact) mass is 647 g/mol. The molecule has 1 aliphatic rings. The highest BCUT2D eigenvalue weighted by Crippen LogP contribution is 2.36. The number of fused-ring (bicyclic) bond motifs is 1. The minimum absolute atomic E-state index is 0.0329. The van der Waals surface area contributed by atoms with Crippen LogP contribution in [-0.2, 0) is 32.7 Å². The van der Waals surface area contributed by atoms with Gasteiger partial charge in [-0.3, -0.25) is 4.57 Å². The molecule has 1 aliphatic heterocycles. The number of rotatable bonds is 10. The number of anilines is 1. The van der Waals surface area contributed by atoms with Gasteiger partial charge in [-0.15, -0.1) is 11.3 Å². The van der Waals surface area contributed by atoms with Gasteiger partial charge in [0.05, 0.1) is 36.6 Å². The molecule has 13 nitrogen and oxygen atoms in total. The Balaban J connectivity index is 1.25. The molecule has 230 valence electrons. The van der Waals surface area contributed by atoms with Crippen LogP contribution in [0.3, 0.4) is 0 Å². The van der Waals surface area contributed by atoms with E-state index in [1.54, 1.807) is 17.5 Å². The molecule has 5 N–H and O–H groups in total. The Hall–Kier alpha value is -4.49. The van der Waals surface area contributed by atoms with Crippen molar-refractivity contribution in [2.24, 2.45) is 0 Å². The predicted octanol–water partition coefficient (Wildman–Crippen LogP) is 3.11. The maximum Gasteiger partial charge on any atom is 0.342 e. The normalized spacial score (nSPS) is 21.0. The molecule has 15 heteroatoms. The number of hydrogen-bond acceptors (Lipinski definition) is 12. The average Bonchev–Trinajstić information content (AvgIpc) is 3.77. The van der Waals surface area contributed by atoms with Crippen LogP contribution in [0.5, 0.6) is 0 Å². The van der Waals surface area contributed by atoms with E-state index in [0.717, 1.165) is 16.7 Å². The van der Waals surface area contributed by atoms with Crippen LogP contribution >= 0.6 is 22.9 Å². The van der Waals surface area contributed by atoms with Crippen molar-refractivity contribution in [2.45, 2.75) is 43.0 Å². The van der Waals surface area contributed by atoms with E-state index in [0.29, 0.717) is 5.56 Å². The summed E-state index contributed by atoms with van der Waals surface area (Å²) in [6.07, 6.45) is -3.68. The summed E-state index contributed by atoms with van der Waals surface area (Å²) < 4.78 is 13.5. The van der Waals surface area contributed by atoms with Crippen LogP contribution in [0.2, 0.25) is 5.28 Å². The maximum absolute atomic E-state index is 12.9. The number of benzene rings is 2. The summed E-state index contributed by atoms with van der Waals surface area (Å²) >= 11 is 7.19. The van der Waals surface area contributed by atoms with E-state index < -0.39 is 42.7 Å². The lowest BCUT2D eigenvalue weighted by atomic mass is 9.90. The minimum atomic E-state index is -1.94. The van der Waals surface area contributed by atoms with Crippen LogP contribution in [0, 0.1) is 11.3 Å². The molecule has 5 aromatic rings. The molecular weight excluding hydrogens is 622 g/mol. The molecule has 5 atom stereocenters. The molecule has 6 rings (SSSR count). The number of nitrogens with zero attached hydrogens (tertiary/aromatic N) is 6. The van der Waals surface area contributed by atoms with Crippen molar-refractivity contribution in [1.82, 2.24) is 24.5 Å². The standard InChI is InChI=1S/C30H26ClN7O6S/c31-29-36-25(33)22-26(37-29)38(14-34-22)27-24(40)23(39)20(44-27)12-43-30(28(41)42,21-13-45-15-35-21)11-16-5-7-18(8-6-16)19-4-2-1-3-17(19)9-10-32/h1-8,13-15,20,23-24,27,39-40H,9,11-12H2,(H,41,42)(H2,33,36,37)/t20-,23-,24-,27-,30-/m1/s1. The molecule has 0 aliphatic carbocycles. The summed E-state index contributed by atoms with van der Waals surface area (Å²) in [4.78, 5) is 29.4. The van der Waals surface area contributed by atoms with Gasteiger partial charge >= 0.3 is 5.97 Å². The Morgan fingerprint density at radius 3 is 2.64 bits per heavy atom. The number of imidazole rings is 1. The van der Waals surface area contributed by atoms with Crippen LogP contribution in [0.4, 0.5) is 5.82 Å². The van der Waals surface area contributed by atoms with Crippen LogP contribution < -0.4 is 5.73 Å². The van der Waals surface area contributed by atoms with E-state index in [-0.39, 0.29) is 40.8 Å². The first-order valence-corrected chi connectivity index (χ1v) is 15.0. The maximum atomic E-state index is 12.9. The summed E-state index contributed by atoms with van der Waals surface area (Å²) in [6.45, 7) is -0.400. The first-order valence-electron chi connectivity index (χ1n) is 13.7. The number of nitrogens with two attached hydrogens (primary N) is 1. The van der Waals surface area contributed by atoms with E-state index in [1.165, 1.54) is 27.7 Å². The number of thiazole rings is 1. The molecule has 3 aromatic heterocycles. The van der Waals surface area contributed by atoms with Crippen molar-refractivity contribution >= 4 is 45.9 Å². The Bertz CT molecular complexity index is 1880. The number of halogens is 1. The lowest BCUT2D eigenvalue weighted by Gasteiger charge is -2.30. The highest BCUT2D eigenvalue weighted by Gasteiger charge is 2.49. The van der Waals surface area contributed by atoms with E-state index in [4.69, 9.17) is 26.8 Å². The van der Waals surface area contributed by atoms with Crippen molar-refractivity contribution < 1.29 is 29.6 Å². The fourth-order valence-electron chi connectivity index (χ4n) is 5.42. The first-order chi connectivity index (χ1) is 21.7. The van der Waals surface area contributed by atoms with Gasteiger partial charge in [0.15, 0.2) is 17.7 Å². The second-order valence-corrected chi connectivity index (χ2v) is 11.5. The van der Waals surface area contributed by atoms with E-state index in [2.05, 4.69) is 26.0 Å². The number of aliphatic carboxylic acids is 1. The Morgan fingerprint density at radius 1 is 1.16 bits per heavy atom. The predicted molar refractivity (Wildman–Crippen MR) is 163 cm³/mol. The number of carboxylic acids is 1. The second-order valence-electron chi connectivity index (χ2n) is 10.4. The number of nitriles is 1. The summed E-state index contributed by atoms with van der Waals surface area (Å²) in [7, 11) is 0. The molecule has 1 saturated heterocycles. The molecule has 4 heterocycles. The zero-order valence-corrected chi connectivity index (χ0v) is 25.0. The highest BCUT2D eigenvalue weighted by molar-refractivity contribution is 7.07. The van der Waals surface area contributed by atoms with Crippen molar-refractivity contribution in [3.8, 4) is 17.2 Å². The smallest absolute Gasteiger partial charge is 0.342 e. The number of nitrogen functional groups attached to an aromatic ring is 1. The van der Waals surface area contributed by atoms with Gasteiger partial charge in [-0.25, -0.2) is 14.8 Å². The van der Waals surface area contributed by atoms with Crippen LogP contribution in [-0.4, -0.2) is 70.7 Å². The van der Waals surface area contributed by atoms with E-state index in [9.17, 15) is 25.4 Å². The molecule has 0 unspecified atom stereocenters. The molecule has 1 fully saturated rings. The van der Waals surface area contributed by atoms with Gasteiger partial charge in [0.1, 0.15) is 23.8 Å². The lowest BCUT2D eigenvalue weighted by molar-refractivity contribution is -0.177. The van der Waals surface area contributed by atoms with Gasteiger partial charge in [-0.05, 0) is 33.9 Å². The van der Waals surface area contributed by atoms with Gasteiger partial charge in [0, 0.05) is 11.8 Å². The second kappa shape index (κ2) is 12.5. The number of aliphatic hydroxyl groups is 2. The fourth-order valence-corrected chi connectivity index (χ4v) is 6.21. The Morgan fingerprint density at radius 2 is 1.93 bits per heavy atom. The Kier molecular flexibility index (Phi) is 8.47. The molecule has 0 radical (unpaired) electrons. The third-order valence-electron chi connectivity index (χ3n) is 7.72. The van der Waals surface area contributed by atoms with Gasteiger partial charge in [0.2, 0.25) is 10.9 Å². The molecule has 0 saturated carbocycles. The van der Waals surface area contributed by atoms with Crippen LogP contribution in [0.25, 0.3) is 22.3 Å². The first kappa shape index (κ1) is 30.5. The molecule has 45 heavy (non-hydrogen) atoms. The number of aliphatic hydroxyl groups excluding tert-OH is 2. The van der Waals surface area contributed by atoms with Crippen molar-refractivity contribution in [2.75, 3.05) is 12.3 Å². The third kappa shape index (κ3) is 5.73. The summed E-state index contributed by atoms with van der Waals surface area (Å²) in [6, 6.07) is 17.1. The average molecular weight is 648 g/mol. The number of aromatic nitrogens is 5. The molecule has 0 amide bonds. The number of carbonyl (C=O) groups is 1.